The maximum atomic E-state index is 12.7. The predicted octanol–water partition coefficient (Wildman–Crippen LogP) is 3.99. The van der Waals surface area contributed by atoms with Gasteiger partial charge in [-0.1, -0.05) is 20.8 Å². The Morgan fingerprint density at radius 2 is 1.73 bits per heavy atom. The second kappa shape index (κ2) is 9.60. The summed E-state index contributed by atoms with van der Waals surface area (Å²) < 4.78 is 5.13. The van der Waals surface area contributed by atoms with E-state index in [2.05, 4.69) is 31.4 Å². The van der Waals surface area contributed by atoms with Gasteiger partial charge in [0.15, 0.2) is 0 Å². The average Bonchev–Trinajstić information content (AvgIpc) is 2.62. The summed E-state index contributed by atoms with van der Waals surface area (Å²) in [5.41, 5.74) is 0.699. The number of anilines is 1. The summed E-state index contributed by atoms with van der Waals surface area (Å²) in [6.07, 6.45) is 4.63. The van der Waals surface area contributed by atoms with Crippen molar-refractivity contribution in [3.63, 3.8) is 0 Å². The largest absolute Gasteiger partial charge is 0.497 e. The van der Waals surface area contributed by atoms with Crippen LogP contribution in [0.3, 0.4) is 0 Å². The van der Waals surface area contributed by atoms with Gasteiger partial charge in [-0.15, -0.1) is 0 Å². The molecule has 144 valence electrons. The monoisotopic (exact) mass is 360 g/mol. The molecule has 1 aliphatic carbocycles. The highest BCUT2D eigenvalue weighted by Crippen LogP contribution is 2.28. The van der Waals surface area contributed by atoms with Gasteiger partial charge in [-0.05, 0) is 68.2 Å². The Bertz CT molecular complexity index is 590. The third-order valence-corrected chi connectivity index (χ3v) is 5.08. The Morgan fingerprint density at radius 1 is 1.12 bits per heavy atom. The lowest BCUT2D eigenvalue weighted by atomic mass is 9.82. The van der Waals surface area contributed by atoms with E-state index in [1.807, 2.05) is 0 Å². The van der Waals surface area contributed by atoms with Crippen LogP contribution in [-0.2, 0) is 9.59 Å². The van der Waals surface area contributed by atoms with E-state index in [1.54, 1.807) is 31.4 Å². The van der Waals surface area contributed by atoms with E-state index in [1.165, 1.54) is 0 Å². The van der Waals surface area contributed by atoms with Crippen molar-refractivity contribution in [3.05, 3.63) is 24.3 Å². The Morgan fingerprint density at radius 3 is 2.27 bits per heavy atom. The number of nitrogens with one attached hydrogen (secondary N) is 2. The fourth-order valence-electron chi connectivity index (χ4n) is 3.42. The number of carbonyl (C=O) groups is 2. The molecule has 0 aliphatic heterocycles. The fraction of sp³-hybridized carbons (Fsp3) is 0.619. The van der Waals surface area contributed by atoms with Crippen LogP contribution in [0.5, 0.6) is 5.75 Å². The highest BCUT2D eigenvalue weighted by atomic mass is 16.5. The molecule has 1 atom stereocenters. The van der Waals surface area contributed by atoms with E-state index in [9.17, 15) is 9.59 Å². The zero-order valence-electron chi connectivity index (χ0n) is 16.4. The summed E-state index contributed by atoms with van der Waals surface area (Å²) in [5, 5.41) is 5.90. The molecule has 0 aromatic heterocycles. The molecule has 1 aromatic carbocycles. The zero-order valence-corrected chi connectivity index (χ0v) is 16.4. The van der Waals surface area contributed by atoms with Gasteiger partial charge in [0.2, 0.25) is 11.8 Å². The number of rotatable bonds is 7. The van der Waals surface area contributed by atoms with Gasteiger partial charge in [-0.25, -0.2) is 0 Å². The second-order valence-electron chi connectivity index (χ2n) is 7.87. The van der Waals surface area contributed by atoms with Crippen molar-refractivity contribution in [2.24, 2.45) is 17.8 Å². The summed E-state index contributed by atoms with van der Waals surface area (Å²) in [6.45, 7) is 6.35. The molecule has 5 nitrogen and oxygen atoms in total. The molecule has 0 radical (unpaired) electrons. The second-order valence-corrected chi connectivity index (χ2v) is 7.87. The van der Waals surface area contributed by atoms with Crippen LogP contribution < -0.4 is 15.4 Å². The van der Waals surface area contributed by atoms with Crippen molar-refractivity contribution in [2.75, 3.05) is 12.4 Å². The first-order valence-corrected chi connectivity index (χ1v) is 9.64. The molecule has 2 amide bonds. The molecule has 0 bridgehead atoms. The SMILES string of the molecule is COc1ccc(NC(=O)[C@H](CC(C)C)NC(=O)C2CCC(C)CC2)cc1. The van der Waals surface area contributed by atoms with E-state index in [0.29, 0.717) is 23.9 Å². The molecule has 0 spiro atoms. The van der Waals surface area contributed by atoms with Gasteiger partial charge in [-0.2, -0.15) is 0 Å². The Labute approximate surface area is 156 Å². The molecule has 2 N–H and O–H groups in total. The highest BCUT2D eigenvalue weighted by Gasteiger charge is 2.28. The quantitative estimate of drug-likeness (QED) is 0.772. The molecule has 1 saturated carbocycles. The lowest BCUT2D eigenvalue weighted by Crippen LogP contribution is -2.47. The van der Waals surface area contributed by atoms with Crippen molar-refractivity contribution in [1.82, 2.24) is 5.32 Å². The normalized spacial score (nSPS) is 21.1. The summed E-state index contributed by atoms with van der Waals surface area (Å²) in [6, 6.07) is 6.69. The molecule has 5 heteroatoms. The van der Waals surface area contributed by atoms with Gasteiger partial charge in [0.1, 0.15) is 11.8 Å². The number of hydrogen-bond donors (Lipinski definition) is 2. The van der Waals surface area contributed by atoms with Gasteiger partial charge in [0.05, 0.1) is 7.11 Å². The third-order valence-electron chi connectivity index (χ3n) is 5.08. The van der Waals surface area contributed by atoms with E-state index >= 15 is 0 Å². The van der Waals surface area contributed by atoms with Crippen LogP contribution >= 0.6 is 0 Å². The Hall–Kier alpha value is -2.04. The van der Waals surface area contributed by atoms with Gasteiger partial charge in [0.25, 0.3) is 0 Å². The van der Waals surface area contributed by atoms with Crippen molar-refractivity contribution in [1.29, 1.82) is 0 Å². The number of carbonyl (C=O) groups excluding carboxylic acids is 2. The minimum absolute atomic E-state index is 0.0208. The number of methoxy groups -OCH3 is 1. The molecule has 0 heterocycles. The maximum Gasteiger partial charge on any atom is 0.246 e. The smallest absolute Gasteiger partial charge is 0.246 e. The first kappa shape index (κ1) is 20.3. The minimum atomic E-state index is -0.510. The van der Waals surface area contributed by atoms with Crippen LogP contribution in [0.2, 0.25) is 0 Å². The summed E-state index contributed by atoms with van der Waals surface area (Å²) in [4.78, 5) is 25.3. The molecule has 26 heavy (non-hydrogen) atoms. The summed E-state index contributed by atoms with van der Waals surface area (Å²) in [7, 11) is 1.60. The van der Waals surface area contributed by atoms with Crippen LogP contribution in [-0.4, -0.2) is 25.0 Å². The van der Waals surface area contributed by atoms with E-state index in [-0.39, 0.29) is 17.7 Å². The lowest BCUT2D eigenvalue weighted by Gasteiger charge is -2.28. The van der Waals surface area contributed by atoms with Crippen LogP contribution in [0.4, 0.5) is 5.69 Å². The van der Waals surface area contributed by atoms with Crippen molar-refractivity contribution < 1.29 is 14.3 Å². The van der Waals surface area contributed by atoms with E-state index in [0.717, 1.165) is 31.4 Å². The maximum absolute atomic E-state index is 12.7. The van der Waals surface area contributed by atoms with Gasteiger partial charge in [-0.3, -0.25) is 9.59 Å². The number of amides is 2. The molecule has 0 saturated heterocycles. The summed E-state index contributed by atoms with van der Waals surface area (Å²) in [5.74, 6) is 1.64. The van der Waals surface area contributed by atoms with Crippen LogP contribution in [0.15, 0.2) is 24.3 Å². The molecule has 0 unspecified atom stereocenters. The molecular weight excluding hydrogens is 328 g/mol. The molecule has 1 fully saturated rings. The first-order valence-electron chi connectivity index (χ1n) is 9.64. The molecule has 2 rings (SSSR count). The standard InChI is InChI=1S/C21H32N2O3/c1-14(2)13-19(23-20(24)16-7-5-15(3)6-8-16)21(25)22-17-9-11-18(26-4)12-10-17/h9-12,14-16,19H,5-8,13H2,1-4H3,(H,22,25)(H,23,24)/t15?,16?,19-/m0/s1. The van der Waals surface area contributed by atoms with Gasteiger partial charge in [0, 0.05) is 11.6 Å². The minimum Gasteiger partial charge on any atom is -0.497 e. The van der Waals surface area contributed by atoms with Gasteiger partial charge < -0.3 is 15.4 Å². The van der Waals surface area contributed by atoms with Crippen molar-refractivity contribution >= 4 is 17.5 Å². The lowest BCUT2D eigenvalue weighted by molar-refractivity contribution is -0.130. The Balaban J connectivity index is 1.98. The van der Waals surface area contributed by atoms with E-state index < -0.39 is 6.04 Å². The predicted molar refractivity (Wildman–Crippen MR) is 104 cm³/mol. The van der Waals surface area contributed by atoms with Crippen LogP contribution in [0.1, 0.15) is 52.9 Å². The molecular formula is C21H32N2O3. The number of ether oxygens (including phenoxy) is 1. The van der Waals surface area contributed by atoms with E-state index in [4.69, 9.17) is 4.74 Å². The topological polar surface area (TPSA) is 67.4 Å². The third kappa shape index (κ3) is 6.04. The van der Waals surface area contributed by atoms with Gasteiger partial charge >= 0.3 is 0 Å². The average molecular weight is 360 g/mol. The summed E-state index contributed by atoms with van der Waals surface area (Å²) >= 11 is 0. The number of benzene rings is 1. The van der Waals surface area contributed by atoms with Crippen LogP contribution in [0.25, 0.3) is 0 Å². The first-order chi connectivity index (χ1) is 12.4. The number of hydrogen-bond acceptors (Lipinski definition) is 3. The Kier molecular flexibility index (Phi) is 7.49. The molecule has 1 aliphatic rings. The van der Waals surface area contributed by atoms with Crippen molar-refractivity contribution in [2.45, 2.75) is 58.9 Å². The molecule has 1 aromatic rings. The van der Waals surface area contributed by atoms with Crippen LogP contribution in [0, 0.1) is 17.8 Å². The van der Waals surface area contributed by atoms with Crippen molar-refractivity contribution in [3.8, 4) is 5.75 Å². The fourth-order valence-corrected chi connectivity index (χ4v) is 3.42. The zero-order chi connectivity index (χ0) is 19.1. The highest BCUT2D eigenvalue weighted by molar-refractivity contribution is 5.97.